The number of aromatic nitrogens is 3. The van der Waals surface area contributed by atoms with Crippen LogP contribution in [0.15, 0.2) is 24.4 Å². The second kappa shape index (κ2) is 4.13. The van der Waals surface area contributed by atoms with E-state index < -0.39 is 23.7 Å². The van der Waals surface area contributed by atoms with Crippen LogP contribution in [0.2, 0.25) is 0 Å². The smallest absolute Gasteiger partial charge is 0.389 e. The lowest BCUT2D eigenvalue weighted by Crippen LogP contribution is -2.40. The molecule has 2 aromatic heterocycles. The summed E-state index contributed by atoms with van der Waals surface area (Å²) in [4.78, 5) is 18.0. The maximum Gasteiger partial charge on any atom is 0.549 e. The molecule has 7 nitrogen and oxygen atoms in total. The van der Waals surface area contributed by atoms with E-state index in [-0.39, 0.29) is 5.65 Å². The Morgan fingerprint density at radius 1 is 1.50 bits per heavy atom. The zero-order chi connectivity index (χ0) is 13.3. The van der Waals surface area contributed by atoms with Crippen molar-refractivity contribution in [3.8, 4) is 0 Å². The Morgan fingerprint density at radius 3 is 2.83 bits per heavy atom. The fraction of sp³-hybridized carbons (Fsp3) is 0.250. The Morgan fingerprint density at radius 2 is 2.22 bits per heavy atom. The maximum absolute atomic E-state index is 12.0. The summed E-state index contributed by atoms with van der Waals surface area (Å²) in [6.07, 6.45) is -3.30. The van der Waals surface area contributed by atoms with Crippen molar-refractivity contribution < 1.29 is 27.4 Å². The van der Waals surface area contributed by atoms with E-state index in [0.717, 1.165) is 4.52 Å². The number of nitrogens with zero attached hydrogens (tertiary/aromatic N) is 4. The quantitative estimate of drug-likeness (QED) is 0.459. The van der Waals surface area contributed by atoms with Gasteiger partial charge in [-0.05, 0) is 15.5 Å². The molecule has 2 heterocycles. The topological polar surface area (TPSA) is 74.3 Å². The van der Waals surface area contributed by atoms with Crippen LogP contribution in [0.1, 0.15) is 0 Å². The molecular weight excluding hydrogens is 257 g/mol. The molecule has 0 spiro atoms. The van der Waals surface area contributed by atoms with E-state index in [0.29, 0.717) is 4.85 Å². The van der Waals surface area contributed by atoms with E-state index >= 15 is 0 Å². The number of fused-ring (bicyclic) bond motifs is 1. The Balaban J connectivity index is 2.45. The first kappa shape index (κ1) is 12.1. The van der Waals surface area contributed by atoms with Crippen molar-refractivity contribution in [3.63, 3.8) is 0 Å². The van der Waals surface area contributed by atoms with E-state index in [9.17, 15) is 23.3 Å². The number of hydrogen-bond acceptors (Lipinski definition) is 4. The minimum Gasteiger partial charge on any atom is -0.389 e. The highest BCUT2D eigenvalue weighted by atomic mass is 19.4. The standard InChI is InChI=1S/C8H6F3N4O3/c9-8(10,11)5-18-14-7(15(16)17)12-6-3-1-2-4-13(6)14/h1-4H,5H2/q+1. The molecule has 18 heavy (non-hydrogen) atoms. The number of halogens is 3. The zero-order valence-electron chi connectivity index (χ0n) is 8.66. The van der Waals surface area contributed by atoms with E-state index in [2.05, 4.69) is 9.82 Å². The fourth-order valence-electron chi connectivity index (χ4n) is 1.27. The summed E-state index contributed by atoms with van der Waals surface area (Å²) >= 11 is 0. The second-order valence-corrected chi connectivity index (χ2v) is 3.23. The lowest BCUT2D eigenvalue weighted by Gasteiger charge is -2.04. The molecule has 96 valence electrons. The summed E-state index contributed by atoms with van der Waals surface area (Å²) < 4.78 is 37.1. The van der Waals surface area contributed by atoms with E-state index in [1.807, 2.05) is 0 Å². The van der Waals surface area contributed by atoms with Crippen molar-refractivity contribution in [2.24, 2.45) is 0 Å². The molecule has 0 bridgehead atoms. The van der Waals surface area contributed by atoms with Crippen LogP contribution in [0, 0.1) is 10.1 Å². The summed E-state index contributed by atoms with van der Waals surface area (Å²) in [6, 6.07) is 4.42. The summed E-state index contributed by atoms with van der Waals surface area (Å²) in [6.45, 7) is -1.65. The van der Waals surface area contributed by atoms with Crippen molar-refractivity contribution in [3.05, 3.63) is 34.5 Å². The molecule has 0 N–H and O–H groups in total. The summed E-state index contributed by atoms with van der Waals surface area (Å²) in [5, 5.41) is 10.7. The van der Waals surface area contributed by atoms with Gasteiger partial charge in [0.05, 0.1) is 0 Å². The predicted molar refractivity (Wildman–Crippen MR) is 49.5 cm³/mol. The normalized spacial score (nSPS) is 11.7. The van der Waals surface area contributed by atoms with Crippen LogP contribution >= 0.6 is 0 Å². The van der Waals surface area contributed by atoms with Crippen molar-refractivity contribution >= 4 is 11.6 Å². The van der Waals surface area contributed by atoms with Gasteiger partial charge < -0.3 is 15.0 Å². The maximum atomic E-state index is 12.0. The molecule has 10 heteroatoms. The Hall–Kier alpha value is -2.39. The lowest BCUT2D eigenvalue weighted by atomic mass is 10.5. The van der Waals surface area contributed by atoms with Crippen LogP contribution in [-0.2, 0) is 0 Å². The Kier molecular flexibility index (Phi) is 2.77. The number of nitro groups is 1. The largest absolute Gasteiger partial charge is 0.549 e. The van der Waals surface area contributed by atoms with Crippen molar-refractivity contribution in [1.29, 1.82) is 0 Å². The molecule has 2 aromatic rings. The monoisotopic (exact) mass is 263 g/mol. The highest BCUT2D eigenvalue weighted by Crippen LogP contribution is 2.14. The SMILES string of the molecule is O=[N+]([O-])c1nc2cccc[n+]2n1OCC(F)(F)F. The van der Waals surface area contributed by atoms with Gasteiger partial charge in [0.2, 0.25) is 6.61 Å². The lowest BCUT2D eigenvalue weighted by molar-refractivity contribution is -0.654. The average molecular weight is 263 g/mol. The van der Waals surface area contributed by atoms with E-state index in [1.165, 1.54) is 18.3 Å². The van der Waals surface area contributed by atoms with Crippen molar-refractivity contribution in [2.75, 3.05) is 6.61 Å². The highest BCUT2D eigenvalue weighted by molar-refractivity contribution is 5.30. The fourth-order valence-corrected chi connectivity index (χ4v) is 1.27. The Labute approximate surface area is 97.1 Å². The third-order valence-electron chi connectivity index (χ3n) is 1.91. The van der Waals surface area contributed by atoms with Crippen LogP contribution in [0.4, 0.5) is 19.1 Å². The molecule has 0 amide bonds. The first-order valence-electron chi connectivity index (χ1n) is 4.62. The number of rotatable bonds is 3. The van der Waals surface area contributed by atoms with E-state index in [4.69, 9.17) is 0 Å². The van der Waals surface area contributed by atoms with Gasteiger partial charge in [-0.1, -0.05) is 6.07 Å². The van der Waals surface area contributed by atoms with E-state index in [1.54, 1.807) is 6.07 Å². The van der Waals surface area contributed by atoms with Gasteiger partial charge in [-0.25, -0.2) is 0 Å². The molecule has 0 saturated heterocycles. The summed E-state index contributed by atoms with van der Waals surface area (Å²) in [7, 11) is 0. The predicted octanol–water partition coefficient (Wildman–Crippen LogP) is 0.521. The molecule has 2 rings (SSSR count). The molecular formula is C8H6F3N4O3+. The highest BCUT2D eigenvalue weighted by Gasteiger charge is 2.35. The summed E-state index contributed by atoms with van der Waals surface area (Å²) in [5.74, 6) is -0.828. The first-order chi connectivity index (χ1) is 8.38. The van der Waals surface area contributed by atoms with Crippen LogP contribution in [-0.4, -0.2) is 27.5 Å². The van der Waals surface area contributed by atoms with Gasteiger partial charge in [0.25, 0.3) is 0 Å². The first-order valence-corrected chi connectivity index (χ1v) is 4.62. The van der Waals surface area contributed by atoms with Gasteiger partial charge in [-0.15, -0.1) is 0 Å². The molecule has 0 aromatic carbocycles. The van der Waals surface area contributed by atoms with Gasteiger partial charge in [0.1, 0.15) is 11.0 Å². The van der Waals surface area contributed by atoms with Crippen LogP contribution in [0.25, 0.3) is 5.65 Å². The van der Waals surface area contributed by atoms with Gasteiger partial charge in [0.15, 0.2) is 0 Å². The van der Waals surface area contributed by atoms with Gasteiger partial charge in [-0.2, -0.15) is 13.2 Å². The molecule has 0 aliphatic rings. The van der Waals surface area contributed by atoms with Gasteiger partial charge >= 0.3 is 17.8 Å². The molecule has 0 aliphatic carbocycles. The molecule has 0 unspecified atom stereocenters. The third-order valence-corrected chi connectivity index (χ3v) is 1.91. The summed E-state index contributed by atoms with van der Waals surface area (Å²) in [5.41, 5.74) is 0.103. The van der Waals surface area contributed by atoms with Crippen LogP contribution in [0.5, 0.6) is 0 Å². The minimum atomic E-state index is -4.60. The van der Waals surface area contributed by atoms with Crippen LogP contribution < -0.4 is 9.35 Å². The number of alkyl halides is 3. The van der Waals surface area contributed by atoms with Crippen molar-refractivity contribution in [1.82, 2.24) is 9.83 Å². The molecule has 0 atom stereocenters. The van der Waals surface area contributed by atoms with Crippen molar-refractivity contribution in [2.45, 2.75) is 6.18 Å². The number of pyridine rings is 1. The molecule has 0 saturated carbocycles. The third kappa shape index (κ3) is 2.31. The zero-order valence-corrected chi connectivity index (χ0v) is 8.66. The molecule has 0 radical (unpaired) electrons. The number of hydrogen-bond donors (Lipinski definition) is 0. The van der Waals surface area contributed by atoms with Gasteiger partial charge in [0, 0.05) is 11.1 Å². The minimum absolute atomic E-state index is 0.103. The molecule has 0 fully saturated rings. The second-order valence-electron chi connectivity index (χ2n) is 3.23. The molecule has 0 aliphatic heterocycles. The average Bonchev–Trinajstić information content (AvgIpc) is 2.64. The Bertz CT molecular complexity index is 595. The van der Waals surface area contributed by atoms with Crippen LogP contribution in [0.3, 0.4) is 0 Å². The van der Waals surface area contributed by atoms with Gasteiger partial charge in [-0.3, -0.25) is 0 Å².